The number of hydrogen-bond acceptors (Lipinski definition) is 3. The summed E-state index contributed by atoms with van der Waals surface area (Å²) >= 11 is 1.33. The molecular formula is C12H10F3NOS. The summed E-state index contributed by atoms with van der Waals surface area (Å²) in [5, 5.41) is 9.07. The molecule has 0 fully saturated rings. The van der Waals surface area contributed by atoms with Crippen LogP contribution < -0.4 is 0 Å². The summed E-state index contributed by atoms with van der Waals surface area (Å²) in [4.78, 5) is 5.37. The average Bonchev–Trinajstić information content (AvgIpc) is 2.69. The van der Waals surface area contributed by atoms with Gasteiger partial charge in [0, 0.05) is 11.1 Å². The normalized spacial score (nSPS) is 11.8. The van der Waals surface area contributed by atoms with Crippen LogP contribution >= 0.6 is 11.3 Å². The molecule has 2 rings (SSSR count). The van der Waals surface area contributed by atoms with Crippen molar-refractivity contribution in [1.82, 2.24) is 4.98 Å². The Morgan fingerprint density at radius 2 is 2.06 bits per heavy atom. The summed E-state index contributed by atoms with van der Waals surface area (Å²) in [7, 11) is 0. The standard InChI is InChI=1S/C12H10F3NOS/c1-7-4-10(18-11(7)6-17)9-3-2-8(5-16-9)12(13,14)15/h2-5,17H,6H2,1H3. The molecule has 18 heavy (non-hydrogen) atoms. The second-order valence-corrected chi connectivity index (χ2v) is 4.94. The molecule has 0 saturated carbocycles. The molecule has 2 nitrogen and oxygen atoms in total. The monoisotopic (exact) mass is 273 g/mol. The Labute approximate surface area is 106 Å². The van der Waals surface area contributed by atoms with Gasteiger partial charge in [0.1, 0.15) is 0 Å². The Bertz CT molecular complexity index is 545. The number of alkyl halides is 3. The number of aliphatic hydroxyl groups excluding tert-OH is 1. The lowest BCUT2D eigenvalue weighted by atomic mass is 10.2. The predicted molar refractivity (Wildman–Crippen MR) is 63.2 cm³/mol. The smallest absolute Gasteiger partial charge is 0.391 e. The quantitative estimate of drug-likeness (QED) is 0.906. The molecule has 0 unspecified atom stereocenters. The Morgan fingerprint density at radius 1 is 1.33 bits per heavy atom. The lowest BCUT2D eigenvalue weighted by Gasteiger charge is -2.05. The van der Waals surface area contributed by atoms with Gasteiger partial charge in [0.15, 0.2) is 0 Å². The van der Waals surface area contributed by atoms with Gasteiger partial charge >= 0.3 is 6.18 Å². The maximum atomic E-state index is 12.4. The van der Waals surface area contributed by atoms with Gasteiger partial charge in [0.2, 0.25) is 0 Å². The first-order chi connectivity index (χ1) is 8.41. The van der Waals surface area contributed by atoms with Crippen LogP contribution in [0.2, 0.25) is 0 Å². The van der Waals surface area contributed by atoms with Crippen molar-refractivity contribution in [2.24, 2.45) is 0 Å². The van der Waals surface area contributed by atoms with Gasteiger partial charge in [-0.1, -0.05) is 0 Å². The zero-order valence-corrected chi connectivity index (χ0v) is 10.3. The SMILES string of the molecule is Cc1cc(-c2ccc(C(F)(F)F)cn2)sc1CO. The van der Waals surface area contributed by atoms with Gasteiger partial charge in [-0.05, 0) is 30.7 Å². The number of aliphatic hydroxyl groups is 1. The summed E-state index contributed by atoms with van der Waals surface area (Å²) in [6.07, 6.45) is -3.55. The van der Waals surface area contributed by atoms with Gasteiger partial charge in [0.05, 0.1) is 22.7 Å². The van der Waals surface area contributed by atoms with Crippen molar-refractivity contribution in [2.45, 2.75) is 19.7 Å². The first-order valence-electron chi connectivity index (χ1n) is 5.15. The first kappa shape index (κ1) is 13.0. The molecular weight excluding hydrogens is 263 g/mol. The number of aryl methyl sites for hydroxylation is 1. The number of aromatic nitrogens is 1. The third-order valence-electron chi connectivity index (χ3n) is 2.51. The number of halogens is 3. The number of pyridine rings is 1. The highest BCUT2D eigenvalue weighted by Crippen LogP contribution is 2.33. The average molecular weight is 273 g/mol. The molecule has 0 spiro atoms. The highest BCUT2D eigenvalue weighted by Gasteiger charge is 2.30. The number of rotatable bonds is 2. The summed E-state index contributed by atoms with van der Waals surface area (Å²) in [5.41, 5.74) is 0.636. The predicted octanol–water partition coefficient (Wildman–Crippen LogP) is 3.63. The summed E-state index contributed by atoms with van der Waals surface area (Å²) in [6, 6.07) is 4.16. The maximum absolute atomic E-state index is 12.4. The third kappa shape index (κ3) is 2.54. The van der Waals surface area contributed by atoms with E-state index in [1.165, 1.54) is 17.4 Å². The third-order valence-corrected chi connectivity index (χ3v) is 3.75. The van der Waals surface area contributed by atoms with E-state index in [4.69, 9.17) is 5.11 Å². The van der Waals surface area contributed by atoms with Crippen LogP contribution in [0.5, 0.6) is 0 Å². The van der Waals surface area contributed by atoms with E-state index in [1.807, 2.05) is 13.0 Å². The van der Waals surface area contributed by atoms with Crippen LogP contribution in [0.15, 0.2) is 24.4 Å². The Morgan fingerprint density at radius 3 is 2.50 bits per heavy atom. The van der Waals surface area contributed by atoms with Crippen molar-refractivity contribution in [1.29, 1.82) is 0 Å². The van der Waals surface area contributed by atoms with E-state index in [1.54, 1.807) is 0 Å². The van der Waals surface area contributed by atoms with E-state index in [-0.39, 0.29) is 6.61 Å². The van der Waals surface area contributed by atoms with Gasteiger partial charge in [0.25, 0.3) is 0 Å². The summed E-state index contributed by atoms with van der Waals surface area (Å²) in [6.45, 7) is 1.77. The van der Waals surface area contributed by atoms with E-state index in [2.05, 4.69) is 4.98 Å². The van der Waals surface area contributed by atoms with Crippen molar-refractivity contribution >= 4 is 11.3 Å². The number of hydrogen-bond donors (Lipinski definition) is 1. The minimum atomic E-state index is -4.37. The van der Waals surface area contributed by atoms with Crippen molar-refractivity contribution in [3.63, 3.8) is 0 Å². The molecule has 0 radical (unpaired) electrons. The maximum Gasteiger partial charge on any atom is 0.417 e. The van der Waals surface area contributed by atoms with Gasteiger partial charge in [-0.2, -0.15) is 13.2 Å². The summed E-state index contributed by atoms with van der Waals surface area (Å²) < 4.78 is 37.1. The highest BCUT2D eigenvalue weighted by atomic mass is 32.1. The van der Waals surface area contributed by atoms with Crippen molar-refractivity contribution < 1.29 is 18.3 Å². The molecule has 2 aromatic heterocycles. The molecule has 0 aliphatic rings. The molecule has 0 saturated heterocycles. The molecule has 1 N–H and O–H groups in total. The molecule has 2 aromatic rings. The van der Waals surface area contributed by atoms with E-state index >= 15 is 0 Å². The molecule has 2 heterocycles. The Hall–Kier alpha value is -1.40. The number of thiophene rings is 1. The largest absolute Gasteiger partial charge is 0.417 e. The molecule has 0 amide bonds. The second kappa shape index (κ2) is 4.70. The van der Waals surface area contributed by atoms with Crippen LogP contribution in [0, 0.1) is 6.92 Å². The molecule has 96 valence electrons. The van der Waals surface area contributed by atoms with Crippen molar-refractivity contribution in [3.05, 3.63) is 40.4 Å². The van der Waals surface area contributed by atoms with Crippen LogP contribution in [0.3, 0.4) is 0 Å². The lowest BCUT2D eigenvalue weighted by molar-refractivity contribution is -0.137. The van der Waals surface area contributed by atoms with E-state index in [9.17, 15) is 13.2 Å². The van der Waals surface area contributed by atoms with Crippen LogP contribution in [0.1, 0.15) is 16.0 Å². The highest BCUT2D eigenvalue weighted by molar-refractivity contribution is 7.15. The topological polar surface area (TPSA) is 33.1 Å². The van der Waals surface area contributed by atoms with Crippen LogP contribution in [0.4, 0.5) is 13.2 Å². The van der Waals surface area contributed by atoms with Gasteiger partial charge in [-0.25, -0.2) is 0 Å². The zero-order chi connectivity index (χ0) is 13.3. The van der Waals surface area contributed by atoms with Gasteiger partial charge < -0.3 is 5.11 Å². The minimum absolute atomic E-state index is 0.0723. The molecule has 0 aliphatic carbocycles. The van der Waals surface area contributed by atoms with Gasteiger partial charge in [-0.3, -0.25) is 4.98 Å². The Kier molecular flexibility index (Phi) is 3.41. The zero-order valence-electron chi connectivity index (χ0n) is 9.45. The molecule has 0 bridgehead atoms. The lowest BCUT2D eigenvalue weighted by Crippen LogP contribution is -2.05. The summed E-state index contributed by atoms with van der Waals surface area (Å²) in [5.74, 6) is 0. The van der Waals surface area contributed by atoms with Crippen molar-refractivity contribution in [3.8, 4) is 10.6 Å². The van der Waals surface area contributed by atoms with Crippen LogP contribution in [-0.4, -0.2) is 10.1 Å². The molecule has 0 aromatic carbocycles. The van der Waals surface area contributed by atoms with Crippen LogP contribution in [0.25, 0.3) is 10.6 Å². The molecule has 0 atom stereocenters. The fourth-order valence-corrected chi connectivity index (χ4v) is 2.52. The van der Waals surface area contributed by atoms with Gasteiger partial charge in [-0.15, -0.1) is 11.3 Å². The van der Waals surface area contributed by atoms with E-state index in [0.29, 0.717) is 5.69 Å². The fraction of sp³-hybridized carbons (Fsp3) is 0.250. The Balaban J connectivity index is 2.34. The number of nitrogens with zero attached hydrogens (tertiary/aromatic N) is 1. The fourth-order valence-electron chi connectivity index (χ4n) is 1.51. The van der Waals surface area contributed by atoms with Crippen molar-refractivity contribution in [2.75, 3.05) is 0 Å². The minimum Gasteiger partial charge on any atom is -0.391 e. The second-order valence-electron chi connectivity index (χ2n) is 3.80. The van der Waals surface area contributed by atoms with E-state index in [0.717, 1.165) is 27.6 Å². The van der Waals surface area contributed by atoms with E-state index < -0.39 is 11.7 Å². The first-order valence-corrected chi connectivity index (χ1v) is 5.97. The molecule has 6 heteroatoms. The van der Waals surface area contributed by atoms with Crippen LogP contribution in [-0.2, 0) is 12.8 Å². The molecule has 0 aliphatic heterocycles.